The van der Waals surface area contributed by atoms with Gasteiger partial charge in [0.15, 0.2) is 6.10 Å². The predicted octanol–water partition coefficient (Wildman–Crippen LogP) is 2.78. The molecule has 0 aliphatic carbocycles. The highest BCUT2D eigenvalue weighted by atomic mass is 35.5. The van der Waals surface area contributed by atoms with Gasteiger partial charge in [0.05, 0.1) is 11.7 Å². The van der Waals surface area contributed by atoms with Gasteiger partial charge in [-0.05, 0) is 36.8 Å². The van der Waals surface area contributed by atoms with Crippen molar-refractivity contribution in [2.24, 2.45) is 5.92 Å². The Labute approximate surface area is 144 Å². The van der Waals surface area contributed by atoms with E-state index in [-0.39, 0.29) is 11.9 Å². The maximum Gasteiger partial charge on any atom is 0.259 e. The minimum atomic E-state index is -0.806. The SMILES string of the molecule is Cc1ccc([C@H]2[C@H]3C(=O)NC(=O)[C@H]3ON2c2ccc(Cl)cc2)cc1. The highest BCUT2D eigenvalue weighted by molar-refractivity contribution is 6.30. The van der Waals surface area contributed by atoms with E-state index >= 15 is 0 Å². The van der Waals surface area contributed by atoms with Crippen LogP contribution >= 0.6 is 11.6 Å². The lowest BCUT2D eigenvalue weighted by Gasteiger charge is -2.27. The topological polar surface area (TPSA) is 58.6 Å². The highest BCUT2D eigenvalue weighted by Crippen LogP contribution is 2.44. The molecular weight excluding hydrogens is 328 g/mol. The van der Waals surface area contributed by atoms with Crippen LogP contribution in [0.2, 0.25) is 5.02 Å². The first-order valence-corrected chi connectivity index (χ1v) is 8.05. The molecule has 3 atom stereocenters. The third kappa shape index (κ3) is 2.37. The minimum Gasteiger partial charge on any atom is -0.294 e. The standard InChI is InChI=1S/C18H15ClN2O3/c1-10-2-4-11(5-3-10)15-14-16(18(23)20-17(14)22)24-21(15)13-8-6-12(19)7-9-13/h2-9,14-16H,1H3,(H,20,22,23)/t14-,15+,16+/m1/s1. The number of fused-ring (bicyclic) bond motifs is 1. The maximum absolute atomic E-state index is 12.3. The Morgan fingerprint density at radius 2 is 1.67 bits per heavy atom. The molecule has 2 aliphatic heterocycles. The number of amides is 2. The van der Waals surface area contributed by atoms with Crippen molar-refractivity contribution in [3.05, 3.63) is 64.7 Å². The van der Waals surface area contributed by atoms with E-state index < -0.39 is 17.9 Å². The van der Waals surface area contributed by atoms with Crippen LogP contribution < -0.4 is 10.4 Å². The van der Waals surface area contributed by atoms with Crippen molar-refractivity contribution in [3.63, 3.8) is 0 Å². The summed E-state index contributed by atoms with van der Waals surface area (Å²) in [5.41, 5.74) is 2.80. The molecule has 2 amide bonds. The number of nitrogens with zero attached hydrogens (tertiary/aromatic N) is 1. The van der Waals surface area contributed by atoms with Gasteiger partial charge >= 0.3 is 0 Å². The second-order valence-corrected chi connectivity index (χ2v) is 6.50. The average Bonchev–Trinajstić information content (AvgIpc) is 3.08. The summed E-state index contributed by atoms with van der Waals surface area (Å²) in [5, 5.41) is 4.62. The van der Waals surface area contributed by atoms with E-state index in [0.717, 1.165) is 16.8 Å². The van der Waals surface area contributed by atoms with Crippen LogP contribution in [0, 0.1) is 12.8 Å². The fourth-order valence-electron chi connectivity index (χ4n) is 3.25. The van der Waals surface area contributed by atoms with Gasteiger partial charge in [0.2, 0.25) is 5.91 Å². The number of carbonyl (C=O) groups is 2. The normalized spacial score (nSPS) is 25.8. The molecule has 24 heavy (non-hydrogen) atoms. The van der Waals surface area contributed by atoms with Gasteiger partial charge in [0, 0.05) is 5.02 Å². The lowest BCUT2D eigenvalue weighted by Crippen LogP contribution is -2.33. The summed E-state index contributed by atoms with van der Waals surface area (Å²) in [6.07, 6.45) is -0.806. The molecule has 0 bridgehead atoms. The third-order valence-corrected chi connectivity index (χ3v) is 4.71. The van der Waals surface area contributed by atoms with Crippen molar-refractivity contribution in [1.29, 1.82) is 0 Å². The lowest BCUT2D eigenvalue weighted by molar-refractivity contribution is -0.129. The predicted molar refractivity (Wildman–Crippen MR) is 89.4 cm³/mol. The molecule has 122 valence electrons. The molecule has 4 rings (SSSR count). The number of halogens is 1. The molecule has 2 aromatic rings. The number of hydrogen-bond donors (Lipinski definition) is 1. The van der Waals surface area contributed by atoms with E-state index in [2.05, 4.69) is 5.32 Å². The zero-order valence-electron chi connectivity index (χ0n) is 12.9. The van der Waals surface area contributed by atoms with E-state index in [1.54, 1.807) is 17.2 Å². The van der Waals surface area contributed by atoms with Crippen LogP contribution in [-0.4, -0.2) is 17.9 Å². The van der Waals surface area contributed by atoms with E-state index in [1.807, 2.05) is 43.3 Å². The second kappa shape index (κ2) is 5.61. The molecule has 5 nitrogen and oxygen atoms in total. The molecule has 2 fully saturated rings. The molecule has 0 spiro atoms. The van der Waals surface area contributed by atoms with E-state index in [4.69, 9.17) is 16.4 Å². The monoisotopic (exact) mass is 342 g/mol. The van der Waals surface area contributed by atoms with Gasteiger partial charge in [-0.1, -0.05) is 41.4 Å². The van der Waals surface area contributed by atoms with Crippen LogP contribution in [0.25, 0.3) is 0 Å². The molecule has 6 heteroatoms. The lowest BCUT2D eigenvalue weighted by atomic mass is 9.90. The quantitative estimate of drug-likeness (QED) is 0.853. The number of anilines is 1. The summed E-state index contributed by atoms with van der Waals surface area (Å²) in [7, 11) is 0. The number of rotatable bonds is 2. The van der Waals surface area contributed by atoms with Gasteiger partial charge in [-0.25, -0.2) is 5.06 Å². The Balaban J connectivity index is 1.79. The summed E-state index contributed by atoms with van der Waals surface area (Å²) in [4.78, 5) is 30.2. The Kier molecular flexibility index (Phi) is 3.55. The van der Waals surface area contributed by atoms with Gasteiger partial charge in [0.1, 0.15) is 5.92 Å². The minimum absolute atomic E-state index is 0.299. The smallest absolute Gasteiger partial charge is 0.259 e. The highest BCUT2D eigenvalue weighted by Gasteiger charge is 2.56. The van der Waals surface area contributed by atoms with Crippen molar-refractivity contribution in [2.45, 2.75) is 19.1 Å². The molecule has 0 radical (unpaired) electrons. The third-order valence-electron chi connectivity index (χ3n) is 4.45. The molecule has 2 heterocycles. The number of nitrogens with one attached hydrogen (secondary N) is 1. The Morgan fingerprint density at radius 1 is 1.00 bits per heavy atom. The summed E-state index contributed by atoms with van der Waals surface area (Å²) in [6, 6.07) is 14.7. The Bertz CT molecular complexity index is 804. The summed E-state index contributed by atoms with van der Waals surface area (Å²) >= 11 is 5.95. The van der Waals surface area contributed by atoms with E-state index in [0.29, 0.717) is 5.02 Å². The first-order chi connectivity index (χ1) is 11.5. The van der Waals surface area contributed by atoms with Crippen molar-refractivity contribution >= 4 is 29.1 Å². The largest absolute Gasteiger partial charge is 0.294 e. The molecule has 0 aromatic heterocycles. The summed E-state index contributed by atoms with van der Waals surface area (Å²) in [5.74, 6) is -1.26. The van der Waals surface area contributed by atoms with E-state index in [9.17, 15) is 9.59 Å². The Hall–Kier alpha value is -2.37. The molecule has 2 aromatic carbocycles. The molecular formula is C18H15ClN2O3. The molecule has 0 unspecified atom stereocenters. The van der Waals surface area contributed by atoms with Gasteiger partial charge in [-0.15, -0.1) is 0 Å². The maximum atomic E-state index is 12.3. The fraction of sp³-hybridized carbons (Fsp3) is 0.222. The van der Waals surface area contributed by atoms with Crippen molar-refractivity contribution in [1.82, 2.24) is 5.32 Å². The van der Waals surface area contributed by atoms with Crippen LogP contribution in [0.1, 0.15) is 17.2 Å². The number of aryl methyl sites for hydroxylation is 1. The zero-order chi connectivity index (χ0) is 16.8. The van der Waals surface area contributed by atoms with Gasteiger partial charge in [0.25, 0.3) is 5.91 Å². The first kappa shape index (κ1) is 15.2. The fourth-order valence-corrected chi connectivity index (χ4v) is 3.37. The zero-order valence-corrected chi connectivity index (χ0v) is 13.7. The van der Waals surface area contributed by atoms with Crippen LogP contribution in [0.5, 0.6) is 0 Å². The molecule has 0 saturated carbocycles. The number of benzene rings is 2. The van der Waals surface area contributed by atoms with Crippen molar-refractivity contribution in [3.8, 4) is 0 Å². The van der Waals surface area contributed by atoms with Gasteiger partial charge in [-0.3, -0.25) is 19.7 Å². The second-order valence-electron chi connectivity index (χ2n) is 6.06. The van der Waals surface area contributed by atoms with Crippen LogP contribution in [0.4, 0.5) is 5.69 Å². The first-order valence-electron chi connectivity index (χ1n) is 7.67. The molecule has 2 saturated heterocycles. The van der Waals surface area contributed by atoms with Crippen LogP contribution in [0.15, 0.2) is 48.5 Å². The Morgan fingerprint density at radius 3 is 2.33 bits per heavy atom. The number of hydrogen-bond acceptors (Lipinski definition) is 4. The molecule has 2 aliphatic rings. The summed E-state index contributed by atoms with van der Waals surface area (Å²) < 4.78 is 0. The van der Waals surface area contributed by atoms with Crippen LogP contribution in [0.3, 0.4) is 0 Å². The average molecular weight is 343 g/mol. The number of carbonyl (C=O) groups excluding carboxylic acids is 2. The van der Waals surface area contributed by atoms with E-state index in [1.165, 1.54) is 0 Å². The van der Waals surface area contributed by atoms with Crippen molar-refractivity contribution in [2.75, 3.05) is 5.06 Å². The summed E-state index contributed by atoms with van der Waals surface area (Å²) in [6.45, 7) is 2.00. The van der Waals surface area contributed by atoms with Gasteiger partial charge in [-0.2, -0.15) is 0 Å². The number of hydroxylamine groups is 1. The van der Waals surface area contributed by atoms with Crippen molar-refractivity contribution < 1.29 is 14.4 Å². The van der Waals surface area contributed by atoms with Crippen LogP contribution in [-0.2, 0) is 14.4 Å². The molecule has 1 N–H and O–H groups in total. The number of imide groups is 1. The van der Waals surface area contributed by atoms with Gasteiger partial charge < -0.3 is 0 Å².